The number of furan rings is 1. The van der Waals surface area contributed by atoms with Crippen molar-refractivity contribution in [3.05, 3.63) is 59.9 Å². The molecule has 0 saturated heterocycles. The number of aromatic carboxylic acids is 1. The normalized spacial score (nSPS) is 10.8. The van der Waals surface area contributed by atoms with Crippen molar-refractivity contribution in [3.63, 3.8) is 0 Å². The van der Waals surface area contributed by atoms with E-state index in [4.69, 9.17) is 9.52 Å². The van der Waals surface area contributed by atoms with E-state index in [9.17, 15) is 4.79 Å². The molecule has 0 radical (unpaired) electrons. The lowest BCUT2D eigenvalue weighted by atomic mass is 10.0. The van der Waals surface area contributed by atoms with Crippen molar-refractivity contribution >= 4 is 16.9 Å². The van der Waals surface area contributed by atoms with Crippen LogP contribution in [0.25, 0.3) is 22.1 Å². The average molecular weight is 252 g/mol. The summed E-state index contributed by atoms with van der Waals surface area (Å²) in [6, 6.07) is 14.7. The maximum absolute atomic E-state index is 11.0. The van der Waals surface area contributed by atoms with Gasteiger partial charge >= 0.3 is 5.97 Å². The van der Waals surface area contributed by atoms with Gasteiger partial charge in [0.1, 0.15) is 11.3 Å². The van der Waals surface area contributed by atoms with Gasteiger partial charge in [-0.1, -0.05) is 30.3 Å². The van der Waals surface area contributed by atoms with E-state index in [1.165, 1.54) is 0 Å². The molecular weight excluding hydrogens is 240 g/mol. The zero-order valence-corrected chi connectivity index (χ0v) is 10.4. The minimum Gasteiger partial charge on any atom is -0.478 e. The van der Waals surface area contributed by atoms with Crippen molar-refractivity contribution in [3.8, 4) is 11.1 Å². The molecule has 1 N–H and O–H groups in total. The van der Waals surface area contributed by atoms with Gasteiger partial charge in [-0.15, -0.1) is 0 Å². The first kappa shape index (κ1) is 11.5. The highest BCUT2D eigenvalue weighted by Crippen LogP contribution is 2.34. The van der Waals surface area contributed by atoms with Gasteiger partial charge in [0.25, 0.3) is 0 Å². The fourth-order valence-electron chi connectivity index (χ4n) is 2.33. The molecule has 0 aliphatic carbocycles. The quantitative estimate of drug-likeness (QED) is 0.746. The summed E-state index contributed by atoms with van der Waals surface area (Å²) in [4.78, 5) is 11.0. The van der Waals surface area contributed by atoms with Gasteiger partial charge in [0, 0.05) is 10.9 Å². The Hall–Kier alpha value is -2.55. The number of fused-ring (bicyclic) bond motifs is 1. The van der Waals surface area contributed by atoms with Gasteiger partial charge in [-0.25, -0.2) is 4.79 Å². The van der Waals surface area contributed by atoms with E-state index in [0.29, 0.717) is 0 Å². The van der Waals surface area contributed by atoms with Gasteiger partial charge in [-0.2, -0.15) is 0 Å². The lowest BCUT2D eigenvalue weighted by molar-refractivity contribution is 0.0697. The molecule has 0 aliphatic rings. The average Bonchev–Trinajstić information content (AvgIpc) is 2.74. The molecule has 0 fully saturated rings. The fraction of sp³-hybridized carbons (Fsp3) is 0.0625. The van der Waals surface area contributed by atoms with Crippen LogP contribution in [-0.2, 0) is 0 Å². The first-order chi connectivity index (χ1) is 9.16. The van der Waals surface area contributed by atoms with Crippen molar-refractivity contribution < 1.29 is 14.3 Å². The fourth-order valence-corrected chi connectivity index (χ4v) is 2.33. The third-order valence-electron chi connectivity index (χ3n) is 3.17. The Bertz CT molecular complexity index is 769. The number of benzene rings is 2. The standard InChI is InChI=1S/C16H12O3/c1-10-15(13-7-2-3-8-14(13)19-10)11-5-4-6-12(9-11)16(17)18/h2-9H,1H3,(H,17,18). The third-order valence-corrected chi connectivity index (χ3v) is 3.17. The predicted molar refractivity (Wildman–Crippen MR) is 73.3 cm³/mol. The van der Waals surface area contributed by atoms with E-state index in [-0.39, 0.29) is 5.56 Å². The highest BCUT2D eigenvalue weighted by atomic mass is 16.4. The molecule has 19 heavy (non-hydrogen) atoms. The van der Waals surface area contributed by atoms with Crippen LogP contribution in [0.4, 0.5) is 0 Å². The summed E-state index contributed by atoms with van der Waals surface area (Å²) in [5.41, 5.74) is 2.92. The van der Waals surface area contributed by atoms with Crippen LogP contribution in [0.15, 0.2) is 52.9 Å². The van der Waals surface area contributed by atoms with Gasteiger partial charge in [0.2, 0.25) is 0 Å². The van der Waals surface area contributed by atoms with E-state index in [0.717, 1.165) is 27.9 Å². The highest BCUT2D eigenvalue weighted by molar-refractivity contribution is 5.97. The van der Waals surface area contributed by atoms with Gasteiger partial charge < -0.3 is 9.52 Å². The summed E-state index contributed by atoms with van der Waals surface area (Å²) in [6.45, 7) is 1.89. The highest BCUT2D eigenvalue weighted by Gasteiger charge is 2.13. The SMILES string of the molecule is Cc1oc2ccccc2c1-c1cccc(C(=O)O)c1. The number of carboxylic acids is 1. The summed E-state index contributed by atoms with van der Waals surface area (Å²) < 4.78 is 5.71. The Labute approximate surface area is 110 Å². The maximum atomic E-state index is 11.0. The summed E-state index contributed by atoms with van der Waals surface area (Å²) in [5, 5.41) is 10.1. The Morgan fingerprint density at radius 1 is 1.11 bits per heavy atom. The molecule has 0 atom stereocenters. The van der Waals surface area contributed by atoms with Gasteiger partial charge in [0.15, 0.2) is 0 Å². The summed E-state index contributed by atoms with van der Waals surface area (Å²) in [5.74, 6) is -0.129. The molecule has 0 saturated carbocycles. The summed E-state index contributed by atoms with van der Waals surface area (Å²) >= 11 is 0. The van der Waals surface area contributed by atoms with Crippen LogP contribution >= 0.6 is 0 Å². The van der Waals surface area contributed by atoms with Crippen LogP contribution in [0.3, 0.4) is 0 Å². The van der Waals surface area contributed by atoms with Gasteiger partial charge in [-0.3, -0.25) is 0 Å². The zero-order valence-electron chi connectivity index (χ0n) is 10.4. The number of aryl methyl sites for hydroxylation is 1. The monoisotopic (exact) mass is 252 g/mol. The zero-order chi connectivity index (χ0) is 13.4. The topological polar surface area (TPSA) is 50.4 Å². The van der Waals surface area contributed by atoms with E-state index >= 15 is 0 Å². The summed E-state index contributed by atoms with van der Waals surface area (Å²) in [7, 11) is 0. The smallest absolute Gasteiger partial charge is 0.335 e. The number of para-hydroxylation sites is 1. The molecule has 3 heteroatoms. The maximum Gasteiger partial charge on any atom is 0.335 e. The second-order valence-corrected chi connectivity index (χ2v) is 4.42. The third kappa shape index (κ3) is 1.89. The Kier molecular flexibility index (Phi) is 2.60. The Morgan fingerprint density at radius 3 is 2.68 bits per heavy atom. The van der Waals surface area contributed by atoms with Crippen LogP contribution in [-0.4, -0.2) is 11.1 Å². The number of rotatable bonds is 2. The van der Waals surface area contributed by atoms with Crippen LogP contribution in [0.5, 0.6) is 0 Å². The molecule has 0 amide bonds. The number of hydrogen-bond acceptors (Lipinski definition) is 2. The first-order valence-electron chi connectivity index (χ1n) is 5.98. The first-order valence-corrected chi connectivity index (χ1v) is 5.98. The van der Waals surface area contributed by atoms with Gasteiger partial charge in [-0.05, 0) is 30.7 Å². The molecule has 3 aromatic rings. The van der Waals surface area contributed by atoms with E-state index in [1.807, 2.05) is 37.3 Å². The van der Waals surface area contributed by atoms with Crippen LogP contribution in [0, 0.1) is 6.92 Å². The minimum atomic E-state index is -0.924. The Morgan fingerprint density at radius 2 is 1.89 bits per heavy atom. The van der Waals surface area contributed by atoms with Crippen molar-refractivity contribution in [2.45, 2.75) is 6.92 Å². The molecule has 1 aromatic heterocycles. The van der Waals surface area contributed by atoms with Crippen molar-refractivity contribution in [1.29, 1.82) is 0 Å². The molecule has 94 valence electrons. The van der Waals surface area contributed by atoms with Crippen molar-refractivity contribution in [2.75, 3.05) is 0 Å². The Balaban J connectivity index is 2.27. The second-order valence-electron chi connectivity index (χ2n) is 4.42. The molecule has 3 nitrogen and oxygen atoms in total. The summed E-state index contributed by atoms with van der Waals surface area (Å²) in [6.07, 6.45) is 0. The molecule has 0 aliphatic heterocycles. The lowest BCUT2D eigenvalue weighted by Crippen LogP contribution is -1.95. The second kappa shape index (κ2) is 4.28. The lowest BCUT2D eigenvalue weighted by Gasteiger charge is -2.02. The molecule has 0 unspecified atom stereocenters. The largest absolute Gasteiger partial charge is 0.478 e. The molecule has 3 rings (SSSR count). The van der Waals surface area contributed by atoms with Crippen molar-refractivity contribution in [1.82, 2.24) is 0 Å². The van der Waals surface area contributed by atoms with Crippen molar-refractivity contribution in [2.24, 2.45) is 0 Å². The van der Waals surface area contributed by atoms with Crippen LogP contribution < -0.4 is 0 Å². The number of hydrogen-bond donors (Lipinski definition) is 1. The molecule has 1 heterocycles. The van der Waals surface area contributed by atoms with E-state index in [1.54, 1.807) is 18.2 Å². The van der Waals surface area contributed by atoms with Gasteiger partial charge in [0.05, 0.1) is 5.56 Å². The predicted octanol–water partition coefficient (Wildman–Crippen LogP) is 4.11. The number of carbonyl (C=O) groups is 1. The van der Waals surface area contributed by atoms with Crippen LogP contribution in [0.1, 0.15) is 16.1 Å². The molecule has 2 aromatic carbocycles. The molecular formula is C16H12O3. The van der Waals surface area contributed by atoms with E-state index < -0.39 is 5.97 Å². The molecule has 0 spiro atoms. The van der Waals surface area contributed by atoms with E-state index in [2.05, 4.69) is 0 Å². The number of carboxylic acid groups (broad SMARTS) is 1. The molecule has 0 bridgehead atoms. The van der Waals surface area contributed by atoms with Crippen LogP contribution in [0.2, 0.25) is 0 Å². The minimum absolute atomic E-state index is 0.280.